The predicted octanol–water partition coefficient (Wildman–Crippen LogP) is 1.78. The second kappa shape index (κ2) is 6.07. The summed E-state index contributed by atoms with van der Waals surface area (Å²) in [6, 6.07) is 6.65. The molecule has 0 fully saturated rings. The van der Waals surface area contributed by atoms with Crippen LogP contribution in [0.1, 0.15) is 18.2 Å². The fourth-order valence-electron chi connectivity index (χ4n) is 2.11. The molecule has 120 valence electrons. The molecule has 2 aromatic heterocycles. The molecule has 2 N–H and O–H groups in total. The van der Waals surface area contributed by atoms with Gasteiger partial charge in [-0.25, -0.2) is 8.42 Å². The molecule has 0 bridgehead atoms. The second-order valence-corrected chi connectivity index (χ2v) is 6.89. The average molecular weight is 353 g/mol. The van der Waals surface area contributed by atoms with Gasteiger partial charge in [0.1, 0.15) is 21.7 Å². The number of hydrogen-bond donors (Lipinski definition) is 2. The zero-order valence-electron chi connectivity index (χ0n) is 11.5. The molecule has 23 heavy (non-hydrogen) atoms. The Hall–Kier alpha value is -2.30. The maximum Gasteiger partial charge on any atom is 0.305 e. The Labute approximate surface area is 135 Å². The Morgan fingerprint density at radius 1 is 1.30 bits per heavy atom. The van der Waals surface area contributed by atoms with Gasteiger partial charge in [0.15, 0.2) is 0 Å². The summed E-state index contributed by atoms with van der Waals surface area (Å²) in [7, 11) is -4.00. The number of nitrogens with one attached hydrogen (secondary N) is 1. The molecular formula is C13H11N3O5S2. The molecular weight excluding hydrogens is 342 g/mol. The lowest BCUT2D eigenvalue weighted by Gasteiger charge is -2.15. The van der Waals surface area contributed by atoms with Crippen molar-refractivity contribution in [2.75, 3.05) is 0 Å². The summed E-state index contributed by atoms with van der Waals surface area (Å²) in [5.74, 6) is -0.929. The van der Waals surface area contributed by atoms with Gasteiger partial charge >= 0.3 is 5.97 Å². The molecule has 3 rings (SSSR count). The van der Waals surface area contributed by atoms with Crippen molar-refractivity contribution in [3.63, 3.8) is 0 Å². The van der Waals surface area contributed by atoms with E-state index in [9.17, 15) is 13.2 Å². The molecule has 0 unspecified atom stereocenters. The van der Waals surface area contributed by atoms with Crippen LogP contribution in [0.4, 0.5) is 0 Å². The third kappa shape index (κ3) is 3.23. The number of rotatable bonds is 6. The van der Waals surface area contributed by atoms with Crippen LogP contribution in [0.3, 0.4) is 0 Å². The molecule has 2 heterocycles. The van der Waals surface area contributed by atoms with E-state index in [4.69, 9.17) is 9.52 Å². The van der Waals surface area contributed by atoms with Crippen LogP contribution in [0.5, 0.6) is 0 Å². The minimum Gasteiger partial charge on any atom is -0.481 e. The van der Waals surface area contributed by atoms with Crippen LogP contribution < -0.4 is 4.72 Å². The molecule has 0 saturated carbocycles. The minimum absolute atomic E-state index is 0.0503. The first kappa shape index (κ1) is 15.6. The van der Waals surface area contributed by atoms with Crippen molar-refractivity contribution in [2.45, 2.75) is 17.4 Å². The third-order valence-corrected chi connectivity index (χ3v) is 5.15. The smallest absolute Gasteiger partial charge is 0.305 e. The first-order chi connectivity index (χ1) is 11.0. The molecule has 0 aliphatic heterocycles. The van der Waals surface area contributed by atoms with Gasteiger partial charge < -0.3 is 9.52 Å². The number of fused-ring (bicyclic) bond motifs is 1. The lowest BCUT2D eigenvalue weighted by Crippen LogP contribution is -2.30. The first-order valence-electron chi connectivity index (χ1n) is 6.46. The summed E-state index contributed by atoms with van der Waals surface area (Å²) < 4.78 is 40.7. The Balaban J connectivity index is 1.98. The Morgan fingerprint density at radius 2 is 2.13 bits per heavy atom. The molecule has 8 nitrogen and oxygen atoms in total. The third-order valence-electron chi connectivity index (χ3n) is 3.10. The van der Waals surface area contributed by atoms with Gasteiger partial charge in [0.25, 0.3) is 0 Å². The van der Waals surface area contributed by atoms with E-state index < -0.39 is 28.5 Å². The van der Waals surface area contributed by atoms with Crippen LogP contribution in [-0.4, -0.2) is 28.2 Å². The number of benzene rings is 1. The van der Waals surface area contributed by atoms with Crippen molar-refractivity contribution in [2.24, 2.45) is 0 Å². The number of carbonyl (C=O) groups is 1. The van der Waals surface area contributed by atoms with Crippen LogP contribution in [0.25, 0.3) is 11.0 Å². The Morgan fingerprint density at radius 3 is 2.83 bits per heavy atom. The Bertz CT molecular complexity index is 934. The van der Waals surface area contributed by atoms with Gasteiger partial charge in [0, 0.05) is 0 Å². The summed E-state index contributed by atoms with van der Waals surface area (Å²) in [6.07, 6.45) is 0.904. The van der Waals surface area contributed by atoms with Crippen molar-refractivity contribution in [3.05, 3.63) is 42.4 Å². The lowest BCUT2D eigenvalue weighted by molar-refractivity contribution is -0.137. The summed E-state index contributed by atoms with van der Waals surface area (Å²) in [6.45, 7) is 0. The normalized spacial score (nSPS) is 13.2. The number of aromatic nitrogens is 2. The Kier molecular flexibility index (Phi) is 4.11. The molecule has 1 aromatic carbocycles. The van der Waals surface area contributed by atoms with Crippen LogP contribution in [0.2, 0.25) is 0 Å². The van der Waals surface area contributed by atoms with Crippen molar-refractivity contribution >= 4 is 38.8 Å². The number of aliphatic carboxylic acids is 1. The standard InChI is InChI=1S/C13H11N3O5S2/c17-12(18)7-9(10-4-2-6-21-10)16-23(19,20)11-5-1-3-8-13(11)15-22-14-8/h1-6,9,16H,7H2,(H,17,18)/t9-/m0/s1. The number of sulfonamides is 1. The fourth-order valence-corrected chi connectivity index (χ4v) is 4.08. The van der Waals surface area contributed by atoms with E-state index >= 15 is 0 Å². The average Bonchev–Trinajstić information content (AvgIpc) is 3.16. The number of carboxylic acid groups (broad SMARTS) is 1. The summed E-state index contributed by atoms with van der Waals surface area (Å²) in [4.78, 5) is 11.0. The zero-order valence-corrected chi connectivity index (χ0v) is 13.2. The maximum atomic E-state index is 12.6. The summed E-state index contributed by atoms with van der Waals surface area (Å²) in [5, 5.41) is 8.99. The van der Waals surface area contributed by atoms with Crippen LogP contribution in [0, 0.1) is 0 Å². The van der Waals surface area contributed by atoms with E-state index in [1.54, 1.807) is 18.2 Å². The topological polar surface area (TPSA) is 122 Å². The minimum atomic E-state index is -4.00. The highest BCUT2D eigenvalue weighted by Crippen LogP contribution is 2.25. The van der Waals surface area contributed by atoms with Crippen LogP contribution in [-0.2, 0) is 14.8 Å². The van der Waals surface area contributed by atoms with Gasteiger partial charge in [-0.15, -0.1) is 0 Å². The largest absolute Gasteiger partial charge is 0.481 e. The van der Waals surface area contributed by atoms with Gasteiger partial charge in [-0.1, -0.05) is 6.07 Å². The molecule has 0 spiro atoms. The maximum absolute atomic E-state index is 12.6. The van der Waals surface area contributed by atoms with Crippen LogP contribution >= 0.6 is 11.7 Å². The number of nitrogens with zero attached hydrogens (tertiary/aromatic N) is 2. The van der Waals surface area contributed by atoms with Gasteiger partial charge in [0.2, 0.25) is 10.0 Å². The molecule has 10 heteroatoms. The molecule has 0 saturated heterocycles. The number of carboxylic acids is 1. The molecule has 0 aliphatic rings. The first-order valence-corrected chi connectivity index (χ1v) is 8.67. The predicted molar refractivity (Wildman–Crippen MR) is 81.4 cm³/mol. The van der Waals surface area contributed by atoms with E-state index in [2.05, 4.69) is 13.5 Å². The highest BCUT2D eigenvalue weighted by molar-refractivity contribution is 7.89. The van der Waals surface area contributed by atoms with E-state index in [0.29, 0.717) is 5.52 Å². The quantitative estimate of drug-likeness (QED) is 0.692. The molecule has 0 aliphatic carbocycles. The summed E-state index contributed by atoms with van der Waals surface area (Å²) >= 11 is 0.906. The highest BCUT2D eigenvalue weighted by Gasteiger charge is 2.27. The zero-order chi connectivity index (χ0) is 16.4. The van der Waals surface area contributed by atoms with Crippen molar-refractivity contribution in [3.8, 4) is 0 Å². The highest BCUT2D eigenvalue weighted by atomic mass is 32.2. The second-order valence-electron chi connectivity index (χ2n) is 4.68. The molecule has 3 aromatic rings. The molecule has 0 amide bonds. The van der Waals surface area contributed by atoms with E-state index in [0.717, 1.165) is 11.7 Å². The van der Waals surface area contributed by atoms with E-state index in [1.165, 1.54) is 18.4 Å². The van der Waals surface area contributed by atoms with Gasteiger partial charge in [0.05, 0.1) is 30.5 Å². The number of hydrogen-bond acceptors (Lipinski definition) is 7. The monoisotopic (exact) mass is 353 g/mol. The molecule has 0 radical (unpaired) electrons. The van der Waals surface area contributed by atoms with E-state index in [-0.39, 0.29) is 16.2 Å². The fraction of sp³-hybridized carbons (Fsp3) is 0.154. The van der Waals surface area contributed by atoms with Crippen molar-refractivity contribution < 1.29 is 22.7 Å². The van der Waals surface area contributed by atoms with Crippen LogP contribution in [0.15, 0.2) is 45.9 Å². The molecule has 1 atom stereocenters. The lowest BCUT2D eigenvalue weighted by atomic mass is 10.2. The SMILES string of the molecule is O=C(O)C[C@H](NS(=O)(=O)c1cccc2nsnc12)c1ccco1. The van der Waals surface area contributed by atoms with Crippen molar-refractivity contribution in [1.82, 2.24) is 13.5 Å². The van der Waals surface area contributed by atoms with Gasteiger partial charge in [-0.05, 0) is 24.3 Å². The number of furan rings is 1. The van der Waals surface area contributed by atoms with Gasteiger partial charge in [-0.2, -0.15) is 13.5 Å². The van der Waals surface area contributed by atoms with E-state index in [1.807, 2.05) is 0 Å². The van der Waals surface area contributed by atoms with Crippen molar-refractivity contribution in [1.29, 1.82) is 0 Å². The van der Waals surface area contributed by atoms with Gasteiger partial charge in [-0.3, -0.25) is 4.79 Å². The summed E-state index contributed by atoms with van der Waals surface area (Å²) in [5.41, 5.74) is 0.712.